The van der Waals surface area contributed by atoms with Crippen LogP contribution in [0, 0.1) is 0 Å². The summed E-state index contributed by atoms with van der Waals surface area (Å²) < 4.78 is 0. The number of alkyl halides is 1. The Bertz CT molecular complexity index is 252. The van der Waals surface area contributed by atoms with E-state index < -0.39 is 0 Å². The maximum absolute atomic E-state index is 11.7. The van der Waals surface area contributed by atoms with Gasteiger partial charge in [-0.3, -0.25) is 10.1 Å². The molecule has 0 unspecified atom stereocenters. The van der Waals surface area contributed by atoms with Crippen molar-refractivity contribution in [3.8, 4) is 0 Å². The Kier molecular flexibility index (Phi) is 5.60. The minimum Gasteiger partial charge on any atom is -0.325 e. The summed E-state index contributed by atoms with van der Waals surface area (Å²) in [6, 6.07) is -0.0282. The highest BCUT2D eigenvalue weighted by Crippen LogP contribution is 2.21. The van der Waals surface area contributed by atoms with E-state index in [1.807, 2.05) is 0 Å². The molecule has 0 radical (unpaired) electrons. The first-order valence-electron chi connectivity index (χ1n) is 5.77. The van der Waals surface area contributed by atoms with Crippen molar-refractivity contribution in [3.05, 3.63) is 0 Å². The maximum Gasteiger partial charge on any atom is 0.324 e. The van der Waals surface area contributed by atoms with E-state index in [0.717, 1.165) is 25.7 Å². The molecule has 1 fully saturated rings. The molecule has 0 aromatic heterocycles. The molecule has 0 aromatic carbocycles. The van der Waals surface area contributed by atoms with E-state index in [4.69, 9.17) is 11.6 Å². The Morgan fingerprint density at radius 3 is 2.50 bits per heavy atom. The van der Waals surface area contributed by atoms with E-state index in [1.54, 1.807) is 11.9 Å². The van der Waals surface area contributed by atoms with Gasteiger partial charge in [0.05, 0.1) is 0 Å². The summed E-state index contributed by atoms with van der Waals surface area (Å²) in [5.41, 5.74) is 0. The number of halogens is 1. The van der Waals surface area contributed by atoms with Crippen LogP contribution < -0.4 is 5.32 Å². The summed E-state index contributed by atoms with van der Waals surface area (Å²) in [6.45, 7) is 0. The fraction of sp³-hybridized carbons (Fsp3) is 0.818. The molecule has 0 saturated heterocycles. The van der Waals surface area contributed by atoms with Crippen LogP contribution in [0.1, 0.15) is 38.5 Å². The number of amides is 3. The zero-order valence-electron chi connectivity index (χ0n) is 9.67. The first-order valence-corrected chi connectivity index (χ1v) is 6.31. The number of carbonyl (C=O) groups is 2. The van der Waals surface area contributed by atoms with Crippen LogP contribution in [0.4, 0.5) is 4.79 Å². The summed E-state index contributed by atoms with van der Waals surface area (Å²) >= 11 is 5.42. The van der Waals surface area contributed by atoms with Crippen molar-refractivity contribution in [2.75, 3.05) is 12.9 Å². The molecule has 0 aliphatic heterocycles. The first-order chi connectivity index (χ1) is 7.65. The minimum atomic E-state index is -0.304. The van der Waals surface area contributed by atoms with Crippen molar-refractivity contribution in [2.45, 2.75) is 44.6 Å². The largest absolute Gasteiger partial charge is 0.325 e. The molecule has 92 valence electrons. The highest BCUT2D eigenvalue weighted by Gasteiger charge is 2.22. The van der Waals surface area contributed by atoms with Gasteiger partial charge < -0.3 is 4.90 Å². The number of carbonyl (C=O) groups excluding carboxylic acids is 2. The average Bonchev–Trinajstić information content (AvgIpc) is 2.29. The van der Waals surface area contributed by atoms with Gasteiger partial charge in [0.2, 0.25) is 5.91 Å². The quantitative estimate of drug-likeness (QED) is 0.776. The molecular formula is C11H19ClN2O2. The van der Waals surface area contributed by atoms with Gasteiger partial charge in [-0.25, -0.2) is 4.79 Å². The van der Waals surface area contributed by atoms with Gasteiger partial charge >= 0.3 is 6.03 Å². The Hall–Kier alpha value is -0.770. The lowest BCUT2D eigenvalue weighted by atomic mass is 9.95. The molecule has 0 spiro atoms. The number of nitrogens with zero attached hydrogens (tertiary/aromatic N) is 1. The van der Waals surface area contributed by atoms with Gasteiger partial charge in [0, 0.05) is 25.4 Å². The lowest BCUT2D eigenvalue weighted by molar-refractivity contribution is -0.119. The van der Waals surface area contributed by atoms with Crippen LogP contribution in [0.3, 0.4) is 0 Å². The van der Waals surface area contributed by atoms with Crippen molar-refractivity contribution < 1.29 is 9.59 Å². The van der Waals surface area contributed by atoms with Crippen LogP contribution in [0.5, 0.6) is 0 Å². The number of hydrogen-bond acceptors (Lipinski definition) is 2. The van der Waals surface area contributed by atoms with E-state index in [9.17, 15) is 9.59 Å². The van der Waals surface area contributed by atoms with E-state index >= 15 is 0 Å². The van der Waals surface area contributed by atoms with Crippen molar-refractivity contribution in [2.24, 2.45) is 0 Å². The second-order valence-electron chi connectivity index (χ2n) is 4.20. The van der Waals surface area contributed by atoms with Gasteiger partial charge in [-0.15, -0.1) is 11.6 Å². The normalized spacial score (nSPS) is 16.9. The molecule has 1 aliphatic rings. The topological polar surface area (TPSA) is 49.4 Å². The van der Waals surface area contributed by atoms with Crippen molar-refractivity contribution in [3.63, 3.8) is 0 Å². The van der Waals surface area contributed by atoms with E-state index in [0.29, 0.717) is 0 Å². The van der Waals surface area contributed by atoms with Crippen molar-refractivity contribution in [1.82, 2.24) is 10.2 Å². The fourth-order valence-corrected chi connectivity index (χ4v) is 2.16. The number of hydrogen-bond donors (Lipinski definition) is 1. The maximum atomic E-state index is 11.7. The summed E-state index contributed by atoms with van der Waals surface area (Å²) in [4.78, 5) is 24.5. The molecule has 16 heavy (non-hydrogen) atoms. The standard InChI is InChI=1S/C11H19ClN2O2/c1-14(9-5-3-2-4-6-9)11(16)13-10(15)7-8-12/h9H,2-8H2,1H3,(H,13,15,16). The summed E-state index contributed by atoms with van der Waals surface area (Å²) in [5, 5.41) is 2.34. The SMILES string of the molecule is CN(C(=O)NC(=O)CCCl)C1CCCCC1. The number of urea groups is 1. The van der Waals surface area contributed by atoms with E-state index in [1.165, 1.54) is 6.42 Å². The van der Waals surface area contributed by atoms with Crippen LogP contribution in [0.15, 0.2) is 0 Å². The van der Waals surface area contributed by atoms with Gasteiger partial charge in [0.25, 0.3) is 0 Å². The smallest absolute Gasteiger partial charge is 0.324 e. The van der Waals surface area contributed by atoms with Crippen LogP contribution in [-0.2, 0) is 4.79 Å². The third kappa shape index (κ3) is 4.00. The highest BCUT2D eigenvalue weighted by molar-refractivity contribution is 6.19. The second kappa shape index (κ2) is 6.74. The van der Waals surface area contributed by atoms with Crippen LogP contribution in [0.25, 0.3) is 0 Å². The molecule has 5 heteroatoms. The third-order valence-corrected chi connectivity index (χ3v) is 3.20. The second-order valence-corrected chi connectivity index (χ2v) is 4.57. The van der Waals surface area contributed by atoms with E-state index in [2.05, 4.69) is 5.32 Å². The average molecular weight is 247 g/mol. The monoisotopic (exact) mass is 246 g/mol. The van der Waals surface area contributed by atoms with Crippen molar-refractivity contribution >= 4 is 23.5 Å². The first kappa shape index (κ1) is 13.3. The molecule has 0 aromatic rings. The Morgan fingerprint density at radius 2 is 1.94 bits per heavy atom. The summed E-state index contributed by atoms with van der Waals surface area (Å²) in [7, 11) is 1.75. The van der Waals surface area contributed by atoms with E-state index in [-0.39, 0.29) is 30.3 Å². The molecule has 3 amide bonds. The number of nitrogens with one attached hydrogen (secondary N) is 1. The van der Waals surface area contributed by atoms with Crippen LogP contribution in [-0.4, -0.2) is 35.8 Å². The molecule has 0 atom stereocenters. The van der Waals surface area contributed by atoms with Gasteiger partial charge in [-0.2, -0.15) is 0 Å². The zero-order valence-corrected chi connectivity index (χ0v) is 10.4. The molecule has 1 aliphatic carbocycles. The van der Waals surface area contributed by atoms with Gasteiger partial charge in [-0.05, 0) is 12.8 Å². The van der Waals surface area contributed by atoms with Crippen LogP contribution in [0.2, 0.25) is 0 Å². The predicted molar refractivity (Wildman–Crippen MR) is 63.5 cm³/mol. The van der Waals surface area contributed by atoms with Crippen molar-refractivity contribution in [1.29, 1.82) is 0 Å². The fourth-order valence-electron chi connectivity index (χ4n) is 1.99. The number of rotatable bonds is 3. The molecule has 1 rings (SSSR count). The zero-order chi connectivity index (χ0) is 12.0. The Balaban J connectivity index is 2.37. The Morgan fingerprint density at radius 1 is 1.31 bits per heavy atom. The Labute approximate surface area is 101 Å². The molecule has 0 bridgehead atoms. The minimum absolute atomic E-state index is 0.186. The predicted octanol–water partition coefficient (Wildman–Crippen LogP) is 2.12. The lowest BCUT2D eigenvalue weighted by Crippen LogP contribution is -2.46. The lowest BCUT2D eigenvalue weighted by Gasteiger charge is -2.30. The molecule has 4 nitrogen and oxygen atoms in total. The highest BCUT2D eigenvalue weighted by atomic mass is 35.5. The summed E-state index contributed by atoms with van der Waals surface area (Å²) in [6.07, 6.45) is 5.83. The van der Waals surface area contributed by atoms with Crippen LogP contribution >= 0.6 is 11.6 Å². The van der Waals surface area contributed by atoms with Gasteiger partial charge in [0.15, 0.2) is 0 Å². The van der Waals surface area contributed by atoms with Gasteiger partial charge in [0.1, 0.15) is 0 Å². The molecular weight excluding hydrogens is 228 g/mol. The summed E-state index contributed by atoms with van der Waals surface area (Å²) in [5.74, 6) is -0.0608. The molecule has 0 heterocycles. The third-order valence-electron chi connectivity index (χ3n) is 3.01. The van der Waals surface area contributed by atoms with Gasteiger partial charge in [-0.1, -0.05) is 19.3 Å². The number of imide groups is 1. The molecule has 1 N–H and O–H groups in total. The molecule has 1 saturated carbocycles.